The first-order valence-corrected chi connectivity index (χ1v) is 4.18. The highest BCUT2D eigenvalue weighted by Gasteiger charge is 2.05. The third-order valence-electron chi connectivity index (χ3n) is 2.20. The Morgan fingerprint density at radius 3 is 2.54 bits per heavy atom. The maximum absolute atomic E-state index is 5.31. The van der Waals surface area contributed by atoms with E-state index in [0.29, 0.717) is 0 Å². The summed E-state index contributed by atoms with van der Waals surface area (Å²) in [6.45, 7) is 4.13. The first-order valence-electron chi connectivity index (χ1n) is 4.18. The van der Waals surface area contributed by atoms with Crippen molar-refractivity contribution in [3.63, 3.8) is 0 Å². The summed E-state index contributed by atoms with van der Waals surface area (Å²) in [5, 5.41) is 0. The minimum absolute atomic E-state index is 0.195. The molecular formula is C11H14N2. The third kappa shape index (κ3) is 2.09. The van der Waals surface area contributed by atoms with Crippen LogP contribution in [0.5, 0.6) is 0 Å². The quantitative estimate of drug-likeness (QED) is 0.404. The molecule has 0 aromatic heterocycles. The highest BCUT2D eigenvalue weighted by molar-refractivity contribution is 5.34. The number of hydrogen-bond acceptors (Lipinski definition) is 2. The number of benzene rings is 1. The summed E-state index contributed by atoms with van der Waals surface area (Å²) in [5.41, 5.74) is 6.10. The molecule has 68 valence electrons. The van der Waals surface area contributed by atoms with Gasteiger partial charge in [0.25, 0.3) is 0 Å². The Hall–Kier alpha value is -1.30. The predicted molar refractivity (Wildman–Crippen MR) is 54.8 cm³/mol. The molecule has 0 amide bonds. The van der Waals surface area contributed by atoms with E-state index in [1.165, 1.54) is 11.1 Å². The Morgan fingerprint density at radius 1 is 1.38 bits per heavy atom. The summed E-state index contributed by atoms with van der Waals surface area (Å²) in [6.07, 6.45) is 5.31. The van der Waals surface area contributed by atoms with Crippen LogP contribution in [0.4, 0.5) is 0 Å². The Balaban J connectivity index is 3.04. The van der Waals surface area contributed by atoms with Crippen LogP contribution in [0.25, 0.3) is 0 Å². The van der Waals surface area contributed by atoms with Crippen LogP contribution < -0.4 is 11.3 Å². The lowest BCUT2D eigenvalue weighted by molar-refractivity contribution is 0.673. The van der Waals surface area contributed by atoms with Gasteiger partial charge in [-0.2, -0.15) is 0 Å². The molecule has 13 heavy (non-hydrogen) atoms. The van der Waals surface area contributed by atoms with Crippen molar-refractivity contribution < 1.29 is 0 Å². The average molecular weight is 174 g/mol. The lowest BCUT2D eigenvalue weighted by Gasteiger charge is -2.11. The molecule has 1 atom stereocenters. The Bertz CT molecular complexity index is 336. The Labute approximate surface area is 79.1 Å². The smallest absolute Gasteiger partial charge is 0.106 e. The number of nitrogens with two attached hydrogens (primary N) is 1. The maximum Gasteiger partial charge on any atom is 0.106 e. The molecule has 1 unspecified atom stereocenters. The van der Waals surface area contributed by atoms with Gasteiger partial charge in [0.2, 0.25) is 0 Å². The summed E-state index contributed by atoms with van der Waals surface area (Å²) in [6, 6.07) is 5.90. The molecule has 0 heterocycles. The van der Waals surface area contributed by atoms with Gasteiger partial charge >= 0.3 is 0 Å². The molecule has 3 N–H and O–H groups in total. The number of hydrogen-bond donors (Lipinski definition) is 2. The maximum atomic E-state index is 5.31. The molecule has 2 nitrogen and oxygen atoms in total. The fourth-order valence-electron chi connectivity index (χ4n) is 1.18. The van der Waals surface area contributed by atoms with Crippen LogP contribution in [-0.2, 0) is 0 Å². The summed E-state index contributed by atoms with van der Waals surface area (Å²) in [4.78, 5) is 0. The largest absolute Gasteiger partial charge is 0.270 e. The van der Waals surface area contributed by atoms with Crippen molar-refractivity contribution in [1.82, 2.24) is 5.43 Å². The monoisotopic (exact) mass is 174 g/mol. The molecule has 0 aliphatic rings. The SMILES string of the molecule is C#CC(NN)c1ccc(C)c(C)c1. The molecule has 0 saturated carbocycles. The second-order valence-electron chi connectivity index (χ2n) is 3.11. The van der Waals surface area contributed by atoms with Crippen LogP contribution in [0.3, 0.4) is 0 Å². The Kier molecular flexibility index (Phi) is 3.07. The normalized spacial score (nSPS) is 12.2. The predicted octanol–water partition coefficient (Wildman–Crippen LogP) is 1.44. The highest BCUT2D eigenvalue weighted by atomic mass is 15.2. The van der Waals surface area contributed by atoms with E-state index in [9.17, 15) is 0 Å². The lowest BCUT2D eigenvalue weighted by Crippen LogP contribution is -2.26. The molecule has 1 aromatic carbocycles. The van der Waals surface area contributed by atoms with Crippen LogP contribution in [0.15, 0.2) is 18.2 Å². The molecule has 0 aliphatic carbocycles. The van der Waals surface area contributed by atoms with Gasteiger partial charge in [-0.3, -0.25) is 5.84 Å². The van der Waals surface area contributed by atoms with E-state index in [-0.39, 0.29) is 6.04 Å². The molecule has 0 spiro atoms. The van der Waals surface area contributed by atoms with Crippen molar-refractivity contribution >= 4 is 0 Å². The molecule has 0 saturated heterocycles. The van der Waals surface area contributed by atoms with Gasteiger partial charge in [-0.25, -0.2) is 5.43 Å². The number of terminal acetylenes is 1. The average Bonchev–Trinajstić information content (AvgIpc) is 2.13. The van der Waals surface area contributed by atoms with E-state index in [1.807, 2.05) is 12.1 Å². The molecule has 2 heteroatoms. The minimum Gasteiger partial charge on any atom is -0.270 e. The zero-order valence-electron chi connectivity index (χ0n) is 7.96. The summed E-state index contributed by atoms with van der Waals surface area (Å²) in [5.74, 6) is 7.89. The zero-order valence-corrected chi connectivity index (χ0v) is 7.96. The van der Waals surface area contributed by atoms with E-state index < -0.39 is 0 Å². The fraction of sp³-hybridized carbons (Fsp3) is 0.273. The number of hydrazine groups is 1. The van der Waals surface area contributed by atoms with Gasteiger partial charge in [0, 0.05) is 0 Å². The first-order chi connectivity index (χ1) is 6.19. The van der Waals surface area contributed by atoms with Crippen LogP contribution in [0, 0.1) is 26.2 Å². The topological polar surface area (TPSA) is 38.0 Å². The van der Waals surface area contributed by atoms with Crippen molar-refractivity contribution in [3.05, 3.63) is 34.9 Å². The van der Waals surface area contributed by atoms with E-state index >= 15 is 0 Å². The minimum atomic E-state index is -0.195. The zero-order chi connectivity index (χ0) is 9.84. The van der Waals surface area contributed by atoms with Crippen molar-refractivity contribution in [1.29, 1.82) is 0 Å². The molecule has 0 radical (unpaired) electrons. The summed E-state index contributed by atoms with van der Waals surface area (Å²) < 4.78 is 0. The lowest BCUT2D eigenvalue weighted by atomic mass is 10.0. The van der Waals surface area contributed by atoms with Crippen molar-refractivity contribution in [3.8, 4) is 12.3 Å². The second kappa shape index (κ2) is 4.08. The van der Waals surface area contributed by atoms with Gasteiger partial charge in [0.05, 0.1) is 0 Å². The Morgan fingerprint density at radius 2 is 2.08 bits per heavy atom. The van der Waals surface area contributed by atoms with E-state index in [0.717, 1.165) is 5.56 Å². The van der Waals surface area contributed by atoms with Gasteiger partial charge in [0.1, 0.15) is 6.04 Å². The van der Waals surface area contributed by atoms with Crippen molar-refractivity contribution in [2.75, 3.05) is 0 Å². The molecule has 1 rings (SSSR count). The first kappa shape index (κ1) is 9.79. The highest BCUT2D eigenvalue weighted by Crippen LogP contribution is 2.15. The van der Waals surface area contributed by atoms with E-state index in [4.69, 9.17) is 12.3 Å². The molecule has 0 fully saturated rings. The third-order valence-corrected chi connectivity index (χ3v) is 2.20. The van der Waals surface area contributed by atoms with Crippen LogP contribution in [-0.4, -0.2) is 0 Å². The van der Waals surface area contributed by atoms with E-state index in [1.54, 1.807) is 0 Å². The fourth-order valence-corrected chi connectivity index (χ4v) is 1.18. The van der Waals surface area contributed by atoms with Crippen LogP contribution in [0.1, 0.15) is 22.7 Å². The standard InChI is InChI=1S/C11H14N2/c1-4-11(13-12)10-6-5-8(2)9(3)7-10/h1,5-7,11,13H,12H2,2-3H3. The van der Waals surface area contributed by atoms with Gasteiger partial charge in [-0.05, 0) is 30.5 Å². The number of aryl methyl sites for hydroxylation is 2. The van der Waals surface area contributed by atoms with Gasteiger partial charge in [0.15, 0.2) is 0 Å². The molecule has 0 aliphatic heterocycles. The van der Waals surface area contributed by atoms with Gasteiger partial charge in [-0.15, -0.1) is 6.42 Å². The summed E-state index contributed by atoms with van der Waals surface area (Å²) in [7, 11) is 0. The van der Waals surface area contributed by atoms with Gasteiger partial charge in [-0.1, -0.05) is 24.1 Å². The van der Waals surface area contributed by atoms with Crippen molar-refractivity contribution in [2.45, 2.75) is 19.9 Å². The van der Waals surface area contributed by atoms with Crippen LogP contribution in [0.2, 0.25) is 0 Å². The van der Waals surface area contributed by atoms with Crippen LogP contribution >= 0.6 is 0 Å². The number of rotatable bonds is 2. The molecule has 1 aromatic rings. The second-order valence-corrected chi connectivity index (χ2v) is 3.11. The molecular weight excluding hydrogens is 160 g/mol. The van der Waals surface area contributed by atoms with Gasteiger partial charge < -0.3 is 0 Å². The number of nitrogens with one attached hydrogen (secondary N) is 1. The van der Waals surface area contributed by atoms with Crippen molar-refractivity contribution in [2.24, 2.45) is 5.84 Å². The molecule has 0 bridgehead atoms. The summed E-state index contributed by atoms with van der Waals surface area (Å²) >= 11 is 0. The van der Waals surface area contributed by atoms with E-state index in [2.05, 4.69) is 31.3 Å².